The standard InChI is InChI=1S/C11H16O3S/c1-7-3-4-8(5-10(7)14-2)11(13)9(12)6-15/h3-5,9,11-13,15H,6H2,1-2H3. The Kier molecular flexibility index (Phi) is 4.45. The van der Waals surface area contributed by atoms with Gasteiger partial charge in [-0.3, -0.25) is 0 Å². The highest BCUT2D eigenvalue weighted by Gasteiger charge is 2.17. The van der Waals surface area contributed by atoms with E-state index >= 15 is 0 Å². The van der Waals surface area contributed by atoms with E-state index in [2.05, 4.69) is 12.6 Å². The molecule has 0 radical (unpaired) electrons. The molecule has 0 aliphatic heterocycles. The van der Waals surface area contributed by atoms with E-state index in [1.807, 2.05) is 13.0 Å². The molecule has 0 fully saturated rings. The fraction of sp³-hybridized carbons (Fsp3) is 0.455. The van der Waals surface area contributed by atoms with Gasteiger partial charge in [-0.25, -0.2) is 0 Å². The van der Waals surface area contributed by atoms with Crippen LogP contribution in [0.3, 0.4) is 0 Å². The summed E-state index contributed by atoms with van der Waals surface area (Å²) in [5.41, 5.74) is 1.63. The van der Waals surface area contributed by atoms with E-state index in [1.54, 1.807) is 19.2 Å². The molecule has 0 heterocycles. The molecule has 3 nitrogen and oxygen atoms in total. The SMILES string of the molecule is COc1cc(C(O)C(O)CS)ccc1C. The lowest BCUT2D eigenvalue weighted by molar-refractivity contribution is 0.0336. The van der Waals surface area contributed by atoms with Crippen molar-refractivity contribution in [3.05, 3.63) is 29.3 Å². The number of aryl methyl sites for hydroxylation is 1. The summed E-state index contributed by atoms with van der Waals surface area (Å²) in [5.74, 6) is 0.926. The summed E-state index contributed by atoms with van der Waals surface area (Å²) in [6.45, 7) is 1.92. The molecular weight excluding hydrogens is 212 g/mol. The first-order valence-corrected chi connectivity index (χ1v) is 5.35. The van der Waals surface area contributed by atoms with Gasteiger partial charge in [-0.05, 0) is 24.1 Å². The molecule has 1 rings (SSSR count). The second-order valence-corrected chi connectivity index (χ2v) is 3.79. The number of benzene rings is 1. The maximum Gasteiger partial charge on any atom is 0.122 e. The van der Waals surface area contributed by atoms with Gasteiger partial charge >= 0.3 is 0 Å². The molecular formula is C11H16O3S. The third-order valence-corrected chi connectivity index (χ3v) is 2.70. The molecule has 1 aromatic rings. The largest absolute Gasteiger partial charge is 0.496 e. The van der Waals surface area contributed by atoms with Crippen molar-refractivity contribution in [2.45, 2.75) is 19.1 Å². The van der Waals surface area contributed by atoms with E-state index in [4.69, 9.17) is 4.74 Å². The molecule has 0 saturated heterocycles. The lowest BCUT2D eigenvalue weighted by atomic mass is 10.0. The van der Waals surface area contributed by atoms with Gasteiger partial charge in [0.15, 0.2) is 0 Å². The van der Waals surface area contributed by atoms with Crippen LogP contribution in [-0.4, -0.2) is 29.2 Å². The first kappa shape index (κ1) is 12.4. The Morgan fingerprint density at radius 1 is 1.40 bits per heavy atom. The lowest BCUT2D eigenvalue weighted by Gasteiger charge is -2.17. The Hall–Kier alpha value is -0.710. The molecule has 0 spiro atoms. The normalized spacial score (nSPS) is 14.7. The number of thiol groups is 1. The van der Waals surface area contributed by atoms with Crippen LogP contribution in [0.25, 0.3) is 0 Å². The summed E-state index contributed by atoms with van der Waals surface area (Å²) in [4.78, 5) is 0. The zero-order valence-electron chi connectivity index (χ0n) is 8.84. The topological polar surface area (TPSA) is 49.7 Å². The minimum atomic E-state index is -0.919. The fourth-order valence-corrected chi connectivity index (χ4v) is 1.54. The lowest BCUT2D eigenvalue weighted by Crippen LogP contribution is -2.19. The predicted molar refractivity (Wildman–Crippen MR) is 62.6 cm³/mol. The predicted octanol–water partition coefficient (Wildman–Crippen LogP) is 1.33. The van der Waals surface area contributed by atoms with Crippen molar-refractivity contribution in [2.75, 3.05) is 12.9 Å². The molecule has 0 aromatic heterocycles. The average Bonchev–Trinajstić information content (AvgIpc) is 2.27. The van der Waals surface area contributed by atoms with Gasteiger partial charge in [-0.1, -0.05) is 12.1 Å². The Morgan fingerprint density at radius 3 is 2.60 bits per heavy atom. The molecule has 1 aromatic carbocycles. The molecule has 2 atom stereocenters. The highest BCUT2D eigenvalue weighted by Crippen LogP contribution is 2.25. The molecule has 2 unspecified atom stereocenters. The van der Waals surface area contributed by atoms with E-state index in [0.717, 1.165) is 5.56 Å². The van der Waals surface area contributed by atoms with E-state index in [1.165, 1.54) is 0 Å². The molecule has 15 heavy (non-hydrogen) atoms. The van der Waals surface area contributed by atoms with Crippen molar-refractivity contribution < 1.29 is 14.9 Å². The third-order valence-electron chi connectivity index (χ3n) is 2.33. The van der Waals surface area contributed by atoms with Crippen molar-refractivity contribution in [3.8, 4) is 5.75 Å². The third kappa shape index (κ3) is 2.87. The van der Waals surface area contributed by atoms with Crippen molar-refractivity contribution in [1.82, 2.24) is 0 Å². The fourth-order valence-electron chi connectivity index (χ4n) is 1.34. The van der Waals surface area contributed by atoms with Crippen LogP contribution >= 0.6 is 12.6 Å². The van der Waals surface area contributed by atoms with Crippen LogP contribution in [0.1, 0.15) is 17.2 Å². The highest BCUT2D eigenvalue weighted by atomic mass is 32.1. The van der Waals surface area contributed by atoms with Crippen LogP contribution in [0.15, 0.2) is 18.2 Å². The van der Waals surface area contributed by atoms with Crippen molar-refractivity contribution in [2.24, 2.45) is 0 Å². The van der Waals surface area contributed by atoms with Crippen molar-refractivity contribution in [1.29, 1.82) is 0 Å². The van der Waals surface area contributed by atoms with Crippen LogP contribution in [0.2, 0.25) is 0 Å². The van der Waals surface area contributed by atoms with Crippen LogP contribution in [0.4, 0.5) is 0 Å². The summed E-state index contributed by atoms with van der Waals surface area (Å²) in [6, 6.07) is 5.35. The number of aliphatic hydroxyl groups excluding tert-OH is 2. The molecule has 2 N–H and O–H groups in total. The van der Waals surface area contributed by atoms with Crippen molar-refractivity contribution >= 4 is 12.6 Å². The monoisotopic (exact) mass is 228 g/mol. The number of hydrogen-bond donors (Lipinski definition) is 3. The number of hydrogen-bond acceptors (Lipinski definition) is 4. The Morgan fingerprint density at radius 2 is 2.07 bits per heavy atom. The van der Waals surface area contributed by atoms with Crippen LogP contribution in [0, 0.1) is 6.92 Å². The minimum Gasteiger partial charge on any atom is -0.496 e. The van der Waals surface area contributed by atoms with E-state index in [0.29, 0.717) is 11.3 Å². The number of aliphatic hydroxyl groups is 2. The summed E-state index contributed by atoms with van der Waals surface area (Å²) in [7, 11) is 1.58. The van der Waals surface area contributed by atoms with Gasteiger partial charge < -0.3 is 14.9 Å². The Bertz CT molecular complexity index is 328. The molecule has 4 heteroatoms. The second kappa shape index (κ2) is 5.39. The van der Waals surface area contributed by atoms with E-state index in [9.17, 15) is 10.2 Å². The van der Waals surface area contributed by atoms with Gasteiger partial charge in [-0.2, -0.15) is 12.6 Å². The Labute approximate surface area is 95.1 Å². The van der Waals surface area contributed by atoms with Gasteiger partial charge in [0, 0.05) is 5.75 Å². The average molecular weight is 228 g/mol. The van der Waals surface area contributed by atoms with Gasteiger partial charge in [0.1, 0.15) is 11.9 Å². The molecule has 0 amide bonds. The minimum absolute atomic E-state index is 0.220. The van der Waals surface area contributed by atoms with Gasteiger partial charge in [0.2, 0.25) is 0 Å². The van der Waals surface area contributed by atoms with Crippen LogP contribution in [0.5, 0.6) is 5.75 Å². The zero-order chi connectivity index (χ0) is 11.4. The van der Waals surface area contributed by atoms with E-state index in [-0.39, 0.29) is 5.75 Å². The molecule has 0 saturated carbocycles. The molecule has 0 aliphatic rings. The molecule has 84 valence electrons. The first-order chi connectivity index (χ1) is 7.10. The van der Waals surface area contributed by atoms with Gasteiger partial charge in [0.05, 0.1) is 13.2 Å². The number of rotatable bonds is 4. The van der Waals surface area contributed by atoms with Crippen LogP contribution in [-0.2, 0) is 0 Å². The van der Waals surface area contributed by atoms with Gasteiger partial charge in [0.25, 0.3) is 0 Å². The maximum atomic E-state index is 9.75. The van der Waals surface area contributed by atoms with E-state index < -0.39 is 12.2 Å². The number of ether oxygens (including phenoxy) is 1. The smallest absolute Gasteiger partial charge is 0.122 e. The van der Waals surface area contributed by atoms with Crippen molar-refractivity contribution in [3.63, 3.8) is 0 Å². The molecule has 0 bridgehead atoms. The summed E-state index contributed by atoms with van der Waals surface area (Å²) >= 11 is 3.93. The van der Waals surface area contributed by atoms with Gasteiger partial charge in [-0.15, -0.1) is 0 Å². The zero-order valence-corrected chi connectivity index (χ0v) is 9.74. The Balaban J connectivity index is 2.95. The second-order valence-electron chi connectivity index (χ2n) is 3.42. The summed E-state index contributed by atoms with van der Waals surface area (Å²) < 4.78 is 5.14. The number of methoxy groups -OCH3 is 1. The maximum absolute atomic E-state index is 9.75. The summed E-state index contributed by atoms with van der Waals surface area (Å²) in [6.07, 6.45) is -1.78. The van der Waals surface area contributed by atoms with Crippen LogP contribution < -0.4 is 4.74 Å². The molecule has 0 aliphatic carbocycles. The first-order valence-electron chi connectivity index (χ1n) is 4.71. The highest BCUT2D eigenvalue weighted by molar-refractivity contribution is 7.80. The quantitative estimate of drug-likeness (QED) is 0.681. The summed E-state index contributed by atoms with van der Waals surface area (Å²) in [5, 5.41) is 19.2.